The maximum atomic E-state index is 10.2. The second-order valence-electron chi connectivity index (χ2n) is 10.4. The maximum absolute atomic E-state index is 10.2. The van der Waals surface area contributed by atoms with Crippen LogP contribution in [-0.4, -0.2) is 35.4 Å². The monoisotopic (exact) mass is 860 g/mol. The van der Waals surface area contributed by atoms with Crippen LogP contribution >= 0.6 is 0 Å². The van der Waals surface area contributed by atoms with E-state index in [4.69, 9.17) is 0 Å². The number of Topliss-reactive ketones (excluding diaryl/α,β-unsaturated/α-hetero) is 2. The molecule has 12 heteroatoms. The Kier molecular flexibility index (Phi) is 30.5. The average Bonchev–Trinajstić information content (AvgIpc) is 2.98. The summed E-state index contributed by atoms with van der Waals surface area (Å²) < 4.78 is 0. The molecule has 0 fully saturated rings. The van der Waals surface area contributed by atoms with Crippen molar-refractivity contribution in [2.75, 3.05) is 0 Å². The minimum atomic E-state index is -1.12. The Morgan fingerprint density at radius 1 is 0.320 bits per heavy atom. The topological polar surface area (TPSA) is 195 Å². The van der Waals surface area contributed by atoms with Crippen molar-refractivity contribution < 1.29 is 88.1 Å². The first-order chi connectivity index (χ1) is 22.3. The molecule has 0 aliphatic rings. The number of ketones is 2. The van der Waals surface area contributed by atoms with Gasteiger partial charge in [0, 0.05) is 0 Å². The number of aromatic carboxylic acids is 4. The van der Waals surface area contributed by atoms with Crippen LogP contribution in [0.25, 0.3) is 0 Å². The Balaban J connectivity index is -0.000000260. The standard InChI is InChI=1S/4C8H8O2.2C3H6O.2Ru/c4*1-6-2-4-7(5-3-6)8(9)10;2*1-3(2)4;;/h4*2-5H,1H3,(H,9,10);2*1-2H3;;/q;;;;;;2*+2/p-4. The number of aryl methyl sites for hydroxylation is 4. The Morgan fingerprint density at radius 3 is 0.500 bits per heavy atom. The van der Waals surface area contributed by atoms with Gasteiger partial charge >= 0.3 is 39.0 Å². The number of carbonyl (C=O) groups is 6. The van der Waals surface area contributed by atoms with E-state index in [1.54, 1.807) is 48.5 Å². The summed E-state index contributed by atoms with van der Waals surface area (Å²) in [6.45, 7) is 13.7. The molecule has 0 bridgehead atoms. The number of rotatable bonds is 4. The predicted octanol–water partition coefficient (Wildman–Crippen LogP) is 2.62. The molecule has 0 radical (unpaired) electrons. The van der Waals surface area contributed by atoms with Gasteiger partial charge in [-0.15, -0.1) is 0 Å². The third-order valence-corrected chi connectivity index (χ3v) is 5.15. The van der Waals surface area contributed by atoms with Crippen LogP contribution in [-0.2, 0) is 48.5 Å². The second kappa shape index (κ2) is 29.3. The van der Waals surface area contributed by atoms with Crippen molar-refractivity contribution >= 4 is 35.4 Å². The van der Waals surface area contributed by atoms with Gasteiger partial charge in [0.05, 0.1) is 23.9 Å². The van der Waals surface area contributed by atoms with E-state index in [9.17, 15) is 49.2 Å². The Bertz CT molecular complexity index is 1360. The minimum Gasteiger partial charge on any atom is -0.545 e. The van der Waals surface area contributed by atoms with Gasteiger partial charge < -0.3 is 49.2 Å². The van der Waals surface area contributed by atoms with Crippen molar-refractivity contribution in [1.82, 2.24) is 0 Å². The zero-order valence-corrected chi connectivity index (χ0v) is 32.5. The second-order valence-corrected chi connectivity index (χ2v) is 10.4. The molecule has 0 unspecified atom stereocenters. The van der Waals surface area contributed by atoms with Crippen LogP contribution in [0.2, 0.25) is 0 Å². The van der Waals surface area contributed by atoms with Crippen LogP contribution in [0.15, 0.2) is 97.1 Å². The molecule has 10 nitrogen and oxygen atoms in total. The normalized spacial score (nSPS) is 8.48. The van der Waals surface area contributed by atoms with E-state index >= 15 is 0 Å². The van der Waals surface area contributed by atoms with E-state index in [2.05, 4.69) is 0 Å². The maximum Gasteiger partial charge on any atom is 2.00 e. The summed E-state index contributed by atoms with van der Waals surface area (Å²) in [6.07, 6.45) is 0. The smallest absolute Gasteiger partial charge is 0.545 e. The van der Waals surface area contributed by atoms with Gasteiger partial charge in [0.15, 0.2) is 0 Å². The van der Waals surface area contributed by atoms with Crippen molar-refractivity contribution in [2.45, 2.75) is 55.4 Å². The van der Waals surface area contributed by atoms with Gasteiger partial charge in [-0.25, -0.2) is 0 Å². The molecule has 4 aromatic carbocycles. The summed E-state index contributed by atoms with van der Waals surface area (Å²) >= 11 is 0. The first-order valence-corrected chi connectivity index (χ1v) is 14.3. The van der Waals surface area contributed by atoms with Gasteiger partial charge in [0.25, 0.3) is 0 Å². The van der Waals surface area contributed by atoms with E-state index < -0.39 is 23.9 Å². The molecule has 0 saturated heterocycles. The number of carboxylic acid groups (broad SMARTS) is 4. The molecule has 4 aromatic rings. The molecule has 0 amide bonds. The van der Waals surface area contributed by atoms with Crippen LogP contribution in [0, 0.1) is 27.7 Å². The summed E-state index contributed by atoms with van der Waals surface area (Å²) in [5.74, 6) is -4.17. The Morgan fingerprint density at radius 2 is 0.420 bits per heavy atom. The fraction of sp³-hybridized carbons (Fsp3) is 0.211. The predicted molar refractivity (Wildman–Crippen MR) is 175 cm³/mol. The first kappa shape index (κ1) is 52.2. The van der Waals surface area contributed by atoms with Gasteiger partial charge in [-0.2, -0.15) is 0 Å². The fourth-order valence-electron chi connectivity index (χ4n) is 2.76. The first-order valence-electron chi connectivity index (χ1n) is 14.3. The largest absolute Gasteiger partial charge is 2.00 e. The van der Waals surface area contributed by atoms with Crippen molar-refractivity contribution in [1.29, 1.82) is 0 Å². The molecule has 0 aliphatic heterocycles. The van der Waals surface area contributed by atoms with E-state index in [1.165, 1.54) is 76.2 Å². The Labute approximate surface area is 319 Å². The van der Waals surface area contributed by atoms with Crippen LogP contribution in [0.3, 0.4) is 0 Å². The molecule has 50 heavy (non-hydrogen) atoms. The van der Waals surface area contributed by atoms with Gasteiger partial charge in [-0.1, -0.05) is 119 Å². The SMILES string of the molecule is CC(C)=O.CC(C)=O.Cc1ccc(C(=O)[O-])cc1.Cc1ccc(C(=O)[O-])cc1.Cc1ccc(C(=O)[O-])cc1.Cc1ccc(C(=O)[O-])cc1.[Ru+2].[Ru+2]. The molecule has 4 rings (SSSR count). The molecule has 0 spiro atoms. The molecule has 0 aliphatic carbocycles. The zero-order valence-electron chi connectivity index (χ0n) is 29.0. The van der Waals surface area contributed by atoms with Crippen LogP contribution in [0.5, 0.6) is 0 Å². The average molecular weight is 859 g/mol. The quantitative estimate of drug-likeness (QED) is 0.276. The molecule has 0 heterocycles. The molecule has 0 N–H and O–H groups in total. The Hall–Kier alpha value is -4.65. The number of benzene rings is 4. The zero-order chi connectivity index (χ0) is 37.4. The molecule has 0 atom stereocenters. The van der Waals surface area contributed by atoms with Gasteiger partial charge in [0.1, 0.15) is 11.6 Å². The van der Waals surface area contributed by atoms with Gasteiger partial charge in [0.2, 0.25) is 0 Å². The number of carbonyl (C=O) groups excluding carboxylic acids is 6. The summed E-state index contributed by atoms with van der Waals surface area (Å²) in [5, 5.41) is 40.8. The molecule has 268 valence electrons. The third-order valence-electron chi connectivity index (χ3n) is 5.15. The van der Waals surface area contributed by atoms with E-state index in [0.717, 1.165) is 22.3 Å². The summed E-state index contributed by atoms with van der Waals surface area (Å²) in [6, 6.07) is 26.2. The van der Waals surface area contributed by atoms with Crippen LogP contribution in [0.4, 0.5) is 0 Å². The molecular formula is C38H40O10Ru2. The van der Waals surface area contributed by atoms with E-state index in [1.807, 2.05) is 27.7 Å². The van der Waals surface area contributed by atoms with Crippen molar-refractivity contribution in [2.24, 2.45) is 0 Å². The van der Waals surface area contributed by atoms with Crippen molar-refractivity contribution in [3.05, 3.63) is 142 Å². The summed E-state index contributed by atoms with van der Waals surface area (Å²) in [4.78, 5) is 59.7. The minimum absolute atomic E-state index is 0. The molecular weight excluding hydrogens is 819 g/mol. The van der Waals surface area contributed by atoms with Crippen LogP contribution in [0.1, 0.15) is 91.4 Å². The summed E-state index contributed by atoms with van der Waals surface area (Å²) in [7, 11) is 0. The molecule has 0 saturated carbocycles. The number of hydrogen-bond acceptors (Lipinski definition) is 10. The van der Waals surface area contributed by atoms with Crippen LogP contribution < -0.4 is 20.4 Å². The summed E-state index contributed by atoms with van der Waals surface area (Å²) in [5.41, 5.74) is 5.09. The van der Waals surface area contributed by atoms with Gasteiger partial charge in [-0.3, -0.25) is 0 Å². The van der Waals surface area contributed by atoms with Crippen molar-refractivity contribution in [3.8, 4) is 0 Å². The van der Waals surface area contributed by atoms with E-state index in [0.29, 0.717) is 0 Å². The third kappa shape index (κ3) is 29.5. The fourth-order valence-corrected chi connectivity index (χ4v) is 2.76. The number of hydrogen-bond donors (Lipinski definition) is 0. The van der Waals surface area contributed by atoms with Crippen molar-refractivity contribution in [3.63, 3.8) is 0 Å². The number of carboxylic acids is 4. The van der Waals surface area contributed by atoms with Gasteiger partial charge in [-0.05, 0) is 77.6 Å². The van der Waals surface area contributed by atoms with E-state index in [-0.39, 0.29) is 72.8 Å². The molecule has 0 aromatic heterocycles.